The number of benzene rings is 1. The Balaban J connectivity index is 2.32. The summed E-state index contributed by atoms with van der Waals surface area (Å²) in [6.45, 7) is 3.15. The molecule has 0 heterocycles. The standard InChI is InChI=1S/C13H16N2O2/c1-2-17-12-5-3-11(4-6-12)8-10-15-13(16)7-9-14/h3-6H,2,7-8,10H2,1H3,(H,15,16). The molecule has 0 aliphatic carbocycles. The van der Waals surface area contributed by atoms with E-state index < -0.39 is 0 Å². The number of carbonyl (C=O) groups is 1. The highest BCUT2D eigenvalue weighted by Gasteiger charge is 1.99. The number of hydrogen-bond acceptors (Lipinski definition) is 3. The lowest BCUT2D eigenvalue weighted by Gasteiger charge is -2.05. The summed E-state index contributed by atoms with van der Waals surface area (Å²) in [6.07, 6.45) is 0.673. The third-order valence-electron chi connectivity index (χ3n) is 2.21. The number of amides is 1. The van der Waals surface area contributed by atoms with Crippen molar-refractivity contribution in [3.8, 4) is 11.8 Å². The number of ether oxygens (including phenoxy) is 1. The molecule has 0 unspecified atom stereocenters. The average molecular weight is 232 g/mol. The highest BCUT2D eigenvalue weighted by Crippen LogP contribution is 2.12. The molecule has 0 saturated heterocycles. The van der Waals surface area contributed by atoms with Crippen LogP contribution in [0.4, 0.5) is 0 Å². The van der Waals surface area contributed by atoms with Gasteiger partial charge in [0.1, 0.15) is 12.2 Å². The van der Waals surface area contributed by atoms with Crippen molar-refractivity contribution in [1.82, 2.24) is 5.32 Å². The first kappa shape index (κ1) is 13.0. The third kappa shape index (κ3) is 5.03. The summed E-state index contributed by atoms with van der Waals surface area (Å²) >= 11 is 0. The minimum Gasteiger partial charge on any atom is -0.494 e. The van der Waals surface area contributed by atoms with Crippen LogP contribution in [0.5, 0.6) is 5.75 Å². The fourth-order valence-electron chi connectivity index (χ4n) is 1.40. The van der Waals surface area contributed by atoms with Crippen molar-refractivity contribution in [1.29, 1.82) is 5.26 Å². The monoisotopic (exact) mass is 232 g/mol. The van der Waals surface area contributed by atoms with Gasteiger partial charge in [0.2, 0.25) is 5.91 Å². The van der Waals surface area contributed by atoms with Crippen LogP contribution >= 0.6 is 0 Å². The van der Waals surface area contributed by atoms with Gasteiger partial charge in [-0.15, -0.1) is 0 Å². The Hall–Kier alpha value is -2.02. The molecule has 0 saturated carbocycles. The first-order valence-electron chi connectivity index (χ1n) is 5.61. The summed E-state index contributed by atoms with van der Waals surface area (Å²) < 4.78 is 5.33. The molecule has 0 aromatic heterocycles. The van der Waals surface area contributed by atoms with E-state index in [-0.39, 0.29) is 12.3 Å². The lowest BCUT2D eigenvalue weighted by Crippen LogP contribution is -2.24. The van der Waals surface area contributed by atoms with Crippen LogP contribution in [0.25, 0.3) is 0 Å². The maximum atomic E-state index is 11.0. The Labute approximate surface area is 101 Å². The minimum atomic E-state index is -0.224. The molecule has 4 heteroatoms. The van der Waals surface area contributed by atoms with E-state index in [0.29, 0.717) is 13.2 Å². The van der Waals surface area contributed by atoms with Crippen molar-refractivity contribution in [3.63, 3.8) is 0 Å². The number of carbonyl (C=O) groups excluding carboxylic acids is 1. The van der Waals surface area contributed by atoms with E-state index in [2.05, 4.69) is 5.32 Å². The van der Waals surface area contributed by atoms with Gasteiger partial charge in [-0.25, -0.2) is 0 Å². The topological polar surface area (TPSA) is 62.1 Å². The van der Waals surface area contributed by atoms with Crippen LogP contribution in [0.2, 0.25) is 0 Å². The Morgan fingerprint density at radius 2 is 2.12 bits per heavy atom. The van der Waals surface area contributed by atoms with Gasteiger partial charge in [0.15, 0.2) is 0 Å². The zero-order valence-corrected chi connectivity index (χ0v) is 9.90. The molecular weight excluding hydrogens is 216 g/mol. The molecule has 0 aliphatic heterocycles. The molecule has 17 heavy (non-hydrogen) atoms. The molecule has 0 atom stereocenters. The predicted molar refractivity (Wildman–Crippen MR) is 64.6 cm³/mol. The summed E-state index contributed by atoms with van der Waals surface area (Å²) in [5.41, 5.74) is 1.13. The van der Waals surface area contributed by atoms with E-state index in [1.165, 1.54) is 0 Å². The maximum Gasteiger partial charge on any atom is 0.234 e. The van der Waals surface area contributed by atoms with Crippen LogP contribution in [0.3, 0.4) is 0 Å². The normalized spacial score (nSPS) is 9.41. The Bertz CT molecular complexity index is 393. The summed E-state index contributed by atoms with van der Waals surface area (Å²) in [5, 5.41) is 11.0. The first-order chi connectivity index (χ1) is 8.26. The fraction of sp³-hybridized carbons (Fsp3) is 0.385. The van der Waals surface area contributed by atoms with Gasteiger partial charge in [-0.05, 0) is 31.0 Å². The molecule has 0 fully saturated rings. The van der Waals surface area contributed by atoms with Crippen molar-refractivity contribution in [2.24, 2.45) is 0 Å². The molecule has 1 amide bonds. The maximum absolute atomic E-state index is 11.0. The molecule has 1 aromatic rings. The second kappa shape index (κ2) is 7.29. The zero-order valence-electron chi connectivity index (χ0n) is 9.90. The smallest absolute Gasteiger partial charge is 0.234 e. The Morgan fingerprint density at radius 3 is 2.71 bits per heavy atom. The number of hydrogen-bond donors (Lipinski definition) is 1. The summed E-state index contributed by atoms with van der Waals surface area (Å²) in [6, 6.07) is 9.58. The van der Waals surface area contributed by atoms with E-state index in [9.17, 15) is 4.79 Å². The van der Waals surface area contributed by atoms with Crippen molar-refractivity contribution < 1.29 is 9.53 Å². The van der Waals surface area contributed by atoms with Gasteiger partial charge in [0, 0.05) is 6.54 Å². The molecule has 0 spiro atoms. The van der Waals surface area contributed by atoms with Gasteiger partial charge in [0.25, 0.3) is 0 Å². The van der Waals surface area contributed by atoms with Gasteiger partial charge in [0.05, 0.1) is 12.7 Å². The van der Waals surface area contributed by atoms with Crippen molar-refractivity contribution in [3.05, 3.63) is 29.8 Å². The number of rotatable bonds is 6. The molecule has 1 aromatic carbocycles. The number of nitrogens with zero attached hydrogens (tertiary/aromatic N) is 1. The second-order valence-electron chi connectivity index (χ2n) is 3.51. The molecular formula is C13H16N2O2. The summed E-state index contributed by atoms with van der Waals surface area (Å²) in [4.78, 5) is 11.0. The summed E-state index contributed by atoms with van der Waals surface area (Å²) in [5.74, 6) is 0.628. The largest absolute Gasteiger partial charge is 0.494 e. The van der Waals surface area contributed by atoms with Crippen LogP contribution in [0, 0.1) is 11.3 Å². The van der Waals surface area contributed by atoms with Gasteiger partial charge in [-0.2, -0.15) is 5.26 Å². The summed E-state index contributed by atoms with van der Waals surface area (Å²) in [7, 11) is 0. The lowest BCUT2D eigenvalue weighted by atomic mass is 10.1. The molecule has 4 nitrogen and oxygen atoms in total. The quantitative estimate of drug-likeness (QED) is 0.811. The highest BCUT2D eigenvalue weighted by molar-refractivity contribution is 5.77. The van der Waals surface area contributed by atoms with E-state index in [1.807, 2.05) is 37.3 Å². The first-order valence-corrected chi connectivity index (χ1v) is 5.61. The van der Waals surface area contributed by atoms with Crippen molar-refractivity contribution in [2.45, 2.75) is 19.8 Å². The van der Waals surface area contributed by atoms with E-state index in [1.54, 1.807) is 0 Å². The highest BCUT2D eigenvalue weighted by atomic mass is 16.5. The Morgan fingerprint density at radius 1 is 1.41 bits per heavy atom. The molecule has 1 N–H and O–H groups in total. The SMILES string of the molecule is CCOc1ccc(CCNC(=O)CC#N)cc1. The van der Waals surface area contributed by atoms with Gasteiger partial charge in [-0.3, -0.25) is 4.79 Å². The fourth-order valence-corrected chi connectivity index (χ4v) is 1.40. The number of nitriles is 1. The molecule has 1 rings (SSSR count). The van der Waals surface area contributed by atoms with Crippen LogP contribution in [0.15, 0.2) is 24.3 Å². The van der Waals surface area contributed by atoms with E-state index in [0.717, 1.165) is 17.7 Å². The lowest BCUT2D eigenvalue weighted by molar-refractivity contribution is -0.120. The predicted octanol–water partition coefficient (Wildman–Crippen LogP) is 1.66. The van der Waals surface area contributed by atoms with Gasteiger partial charge < -0.3 is 10.1 Å². The van der Waals surface area contributed by atoms with Crippen LogP contribution in [-0.2, 0) is 11.2 Å². The average Bonchev–Trinajstić information content (AvgIpc) is 2.32. The molecule has 0 bridgehead atoms. The zero-order chi connectivity index (χ0) is 12.5. The molecule has 0 aliphatic rings. The second-order valence-corrected chi connectivity index (χ2v) is 3.51. The third-order valence-corrected chi connectivity index (χ3v) is 2.21. The van der Waals surface area contributed by atoms with Crippen molar-refractivity contribution in [2.75, 3.05) is 13.2 Å². The van der Waals surface area contributed by atoms with Crippen LogP contribution in [0.1, 0.15) is 18.9 Å². The van der Waals surface area contributed by atoms with Crippen LogP contribution < -0.4 is 10.1 Å². The molecule has 90 valence electrons. The van der Waals surface area contributed by atoms with E-state index >= 15 is 0 Å². The van der Waals surface area contributed by atoms with Gasteiger partial charge in [-0.1, -0.05) is 12.1 Å². The minimum absolute atomic E-state index is 0.0801. The van der Waals surface area contributed by atoms with Gasteiger partial charge >= 0.3 is 0 Å². The molecule has 0 radical (unpaired) electrons. The Kier molecular flexibility index (Phi) is 5.59. The van der Waals surface area contributed by atoms with E-state index in [4.69, 9.17) is 10.00 Å². The van der Waals surface area contributed by atoms with Crippen molar-refractivity contribution >= 4 is 5.91 Å². The van der Waals surface area contributed by atoms with Crippen LogP contribution in [-0.4, -0.2) is 19.1 Å². The number of nitrogens with one attached hydrogen (secondary N) is 1.